The summed E-state index contributed by atoms with van der Waals surface area (Å²) in [5, 5.41) is 9.57. The number of hydrogen-bond donors (Lipinski definition) is 3. The molecule has 0 saturated carbocycles. The van der Waals surface area contributed by atoms with E-state index in [1.807, 2.05) is 6.92 Å². The number of nitrogens with zero attached hydrogens (tertiary/aromatic N) is 3. The molecule has 2 fully saturated rings. The normalized spacial score (nSPS) is 24.1. The van der Waals surface area contributed by atoms with Crippen molar-refractivity contribution < 1.29 is 9.59 Å². The van der Waals surface area contributed by atoms with Crippen LogP contribution in [0.3, 0.4) is 0 Å². The van der Waals surface area contributed by atoms with Gasteiger partial charge in [-0.05, 0) is 45.6 Å². The third kappa shape index (κ3) is 6.47. The summed E-state index contributed by atoms with van der Waals surface area (Å²) in [4.78, 5) is 32.5. The Labute approximate surface area is 186 Å². The van der Waals surface area contributed by atoms with E-state index in [1.165, 1.54) is 17.9 Å². The van der Waals surface area contributed by atoms with E-state index in [4.69, 9.17) is 0 Å². The molecule has 0 radical (unpaired) electrons. The smallest absolute Gasteiger partial charge is 0.325 e. The van der Waals surface area contributed by atoms with Crippen LogP contribution < -0.4 is 16.0 Å². The number of amides is 3. The number of likely N-dealkylation sites (tertiary alicyclic amines) is 1. The highest BCUT2D eigenvalue weighted by Crippen LogP contribution is 2.20. The van der Waals surface area contributed by atoms with Crippen LogP contribution in [0.15, 0.2) is 4.99 Å². The summed E-state index contributed by atoms with van der Waals surface area (Å²) in [6.07, 6.45) is 4.74. The Morgan fingerprint density at radius 2 is 1.93 bits per heavy atom. The van der Waals surface area contributed by atoms with Crippen molar-refractivity contribution in [2.75, 3.05) is 39.8 Å². The Hall–Kier alpha value is -1.10. The zero-order valence-corrected chi connectivity index (χ0v) is 20.0. The van der Waals surface area contributed by atoms with Crippen molar-refractivity contribution in [3.8, 4) is 0 Å². The first-order valence-corrected chi connectivity index (χ1v) is 10.3. The molecule has 0 aliphatic carbocycles. The van der Waals surface area contributed by atoms with Gasteiger partial charge in [-0.15, -0.1) is 24.0 Å². The van der Waals surface area contributed by atoms with E-state index in [-0.39, 0.29) is 35.9 Å². The predicted octanol–water partition coefficient (Wildman–Crippen LogP) is 1.75. The SMILES string of the molecule is CCCN1CCC(NC(=NC)NCCCN2C(=O)NC(C)(CC)C2=O)CC1.I. The molecule has 2 heterocycles. The molecule has 3 N–H and O–H groups in total. The Morgan fingerprint density at radius 3 is 2.46 bits per heavy atom. The van der Waals surface area contributed by atoms with Crippen LogP contribution in [0, 0.1) is 0 Å². The number of rotatable bonds is 8. The number of nitrogens with one attached hydrogen (secondary N) is 3. The lowest BCUT2D eigenvalue weighted by atomic mass is 9.99. The van der Waals surface area contributed by atoms with Crippen LogP contribution in [0.2, 0.25) is 0 Å². The Morgan fingerprint density at radius 1 is 1.25 bits per heavy atom. The largest absolute Gasteiger partial charge is 0.356 e. The maximum absolute atomic E-state index is 12.4. The summed E-state index contributed by atoms with van der Waals surface area (Å²) >= 11 is 0. The van der Waals surface area contributed by atoms with E-state index in [0.29, 0.717) is 32.0 Å². The minimum Gasteiger partial charge on any atom is -0.356 e. The minimum absolute atomic E-state index is 0. The van der Waals surface area contributed by atoms with Crippen molar-refractivity contribution in [3.63, 3.8) is 0 Å². The van der Waals surface area contributed by atoms with Gasteiger partial charge in [0.1, 0.15) is 5.54 Å². The quantitative estimate of drug-likeness (QED) is 0.153. The van der Waals surface area contributed by atoms with E-state index in [2.05, 4.69) is 32.8 Å². The van der Waals surface area contributed by atoms with Crippen LogP contribution >= 0.6 is 24.0 Å². The molecule has 9 heteroatoms. The highest BCUT2D eigenvalue weighted by Gasteiger charge is 2.45. The molecule has 162 valence electrons. The first-order valence-electron chi connectivity index (χ1n) is 10.3. The Bertz CT molecular complexity index is 551. The number of carbonyl (C=O) groups excluding carboxylic acids is 2. The molecule has 2 aliphatic heterocycles. The minimum atomic E-state index is -0.755. The van der Waals surface area contributed by atoms with Gasteiger partial charge in [0.25, 0.3) is 5.91 Å². The van der Waals surface area contributed by atoms with Crippen LogP contribution in [0.1, 0.15) is 52.9 Å². The second-order valence-electron chi connectivity index (χ2n) is 7.69. The standard InChI is InChI=1S/C19H36N6O2.HI/c1-5-11-24-13-8-15(9-14-24)22-17(20-4)21-10-7-12-25-16(26)19(3,6-2)23-18(25)27;/h15H,5-14H2,1-4H3,(H,23,27)(H2,20,21,22);1H. The van der Waals surface area contributed by atoms with Crippen molar-refractivity contribution >= 4 is 41.9 Å². The van der Waals surface area contributed by atoms with Crippen molar-refractivity contribution in [1.29, 1.82) is 0 Å². The van der Waals surface area contributed by atoms with Gasteiger partial charge in [0.2, 0.25) is 0 Å². The average Bonchev–Trinajstić information content (AvgIpc) is 2.89. The summed E-state index contributed by atoms with van der Waals surface area (Å²) in [6.45, 7) is 10.4. The highest BCUT2D eigenvalue weighted by atomic mass is 127. The topological polar surface area (TPSA) is 89.1 Å². The molecule has 0 spiro atoms. The first kappa shape index (κ1) is 24.9. The number of halogens is 1. The molecule has 0 aromatic carbocycles. The van der Waals surface area contributed by atoms with Gasteiger partial charge in [0.05, 0.1) is 0 Å². The van der Waals surface area contributed by atoms with Gasteiger partial charge in [-0.25, -0.2) is 4.79 Å². The second kappa shape index (κ2) is 11.8. The van der Waals surface area contributed by atoms with E-state index in [1.54, 1.807) is 14.0 Å². The average molecular weight is 508 g/mol. The fourth-order valence-electron chi connectivity index (χ4n) is 3.64. The van der Waals surface area contributed by atoms with Crippen LogP contribution in [0.25, 0.3) is 0 Å². The summed E-state index contributed by atoms with van der Waals surface area (Å²) in [6, 6.07) is 0.159. The zero-order valence-electron chi connectivity index (χ0n) is 17.7. The molecule has 2 aliphatic rings. The fourth-order valence-corrected chi connectivity index (χ4v) is 3.64. The van der Waals surface area contributed by atoms with Crippen LogP contribution in [-0.4, -0.2) is 79.0 Å². The molecular formula is C19H37IN6O2. The number of carbonyl (C=O) groups is 2. The molecule has 1 atom stereocenters. The Balaban J connectivity index is 0.00000392. The van der Waals surface area contributed by atoms with Crippen LogP contribution in [-0.2, 0) is 4.79 Å². The molecule has 2 rings (SSSR count). The molecule has 28 heavy (non-hydrogen) atoms. The van der Waals surface area contributed by atoms with Crippen LogP contribution in [0.5, 0.6) is 0 Å². The highest BCUT2D eigenvalue weighted by molar-refractivity contribution is 14.0. The monoisotopic (exact) mass is 508 g/mol. The lowest BCUT2D eigenvalue weighted by molar-refractivity contribution is -0.130. The van der Waals surface area contributed by atoms with Gasteiger partial charge in [-0.2, -0.15) is 0 Å². The van der Waals surface area contributed by atoms with Crippen LogP contribution in [0.4, 0.5) is 4.79 Å². The number of piperidine rings is 1. The van der Waals surface area contributed by atoms with E-state index < -0.39 is 5.54 Å². The maximum Gasteiger partial charge on any atom is 0.325 e. The van der Waals surface area contributed by atoms with Gasteiger partial charge in [-0.3, -0.25) is 14.7 Å². The van der Waals surface area contributed by atoms with Gasteiger partial charge < -0.3 is 20.9 Å². The van der Waals surface area contributed by atoms with E-state index in [9.17, 15) is 9.59 Å². The van der Waals surface area contributed by atoms with Gasteiger partial charge in [0, 0.05) is 39.3 Å². The molecule has 0 aromatic heterocycles. The lowest BCUT2D eigenvalue weighted by Gasteiger charge is -2.32. The maximum atomic E-state index is 12.4. The summed E-state index contributed by atoms with van der Waals surface area (Å²) in [5.74, 6) is 0.663. The third-order valence-corrected chi connectivity index (χ3v) is 5.60. The zero-order chi connectivity index (χ0) is 19.9. The second-order valence-corrected chi connectivity index (χ2v) is 7.69. The van der Waals surface area contributed by atoms with E-state index >= 15 is 0 Å². The fraction of sp³-hybridized carbons (Fsp3) is 0.842. The summed E-state index contributed by atoms with van der Waals surface area (Å²) in [7, 11) is 1.77. The van der Waals surface area contributed by atoms with Crippen molar-refractivity contribution in [2.45, 2.75) is 64.5 Å². The molecule has 3 amide bonds. The Kier molecular flexibility index (Phi) is 10.5. The number of hydrogen-bond acceptors (Lipinski definition) is 4. The van der Waals surface area contributed by atoms with Gasteiger partial charge in [-0.1, -0.05) is 13.8 Å². The van der Waals surface area contributed by atoms with Gasteiger partial charge in [0.15, 0.2) is 5.96 Å². The van der Waals surface area contributed by atoms with Crippen molar-refractivity contribution in [3.05, 3.63) is 0 Å². The van der Waals surface area contributed by atoms with Crippen molar-refractivity contribution in [2.24, 2.45) is 4.99 Å². The third-order valence-electron chi connectivity index (χ3n) is 5.60. The van der Waals surface area contributed by atoms with Gasteiger partial charge >= 0.3 is 6.03 Å². The molecule has 8 nitrogen and oxygen atoms in total. The summed E-state index contributed by atoms with van der Waals surface area (Å²) < 4.78 is 0. The number of imide groups is 1. The molecule has 0 aromatic rings. The molecule has 2 saturated heterocycles. The number of guanidine groups is 1. The predicted molar refractivity (Wildman–Crippen MR) is 123 cm³/mol. The van der Waals surface area contributed by atoms with Crippen molar-refractivity contribution in [1.82, 2.24) is 25.8 Å². The molecule has 0 bridgehead atoms. The molecular weight excluding hydrogens is 471 g/mol. The summed E-state index contributed by atoms with van der Waals surface area (Å²) in [5.41, 5.74) is -0.755. The first-order chi connectivity index (χ1) is 12.9. The number of aliphatic imine (C=N–C) groups is 1. The lowest BCUT2D eigenvalue weighted by Crippen LogP contribution is -2.49. The number of urea groups is 1. The molecule has 1 unspecified atom stereocenters. The van der Waals surface area contributed by atoms with E-state index in [0.717, 1.165) is 31.9 Å².